The fourth-order valence-electron chi connectivity index (χ4n) is 2.64. The van der Waals surface area contributed by atoms with Gasteiger partial charge in [0.2, 0.25) is 11.8 Å². The third kappa shape index (κ3) is 4.45. The zero-order chi connectivity index (χ0) is 16.8. The third-order valence-corrected chi connectivity index (χ3v) is 4.11. The van der Waals surface area contributed by atoms with E-state index >= 15 is 0 Å². The number of carbonyl (C=O) groups excluding carboxylic acids is 2. The summed E-state index contributed by atoms with van der Waals surface area (Å²) in [4.78, 5) is 36.7. The second-order valence-electron chi connectivity index (χ2n) is 5.40. The van der Waals surface area contributed by atoms with Crippen LogP contribution in [-0.4, -0.2) is 40.9 Å². The SMILES string of the molecule is O=C(O)CCCCC(=O)N1CCNC(=O)C1c1ccccc1Cl. The van der Waals surface area contributed by atoms with Crippen LogP contribution in [0.25, 0.3) is 0 Å². The van der Waals surface area contributed by atoms with Crippen LogP contribution >= 0.6 is 11.6 Å². The van der Waals surface area contributed by atoms with E-state index in [1.807, 2.05) is 0 Å². The average Bonchev–Trinajstić information content (AvgIpc) is 2.52. The summed E-state index contributed by atoms with van der Waals surface area (Å²) >= 11 is 6.17. The van der Waals surface area contributed by atoms with Crippen molar-refractivity contribution >= 4 is 29.4 Å². The van der Waals surface area contributed by atoms with Gasteiger partial charge in [-0.1, -0.05) is 29.8 Å². The van der Waals surface area contributed by atoms with Crippen LogP contribution in [0.4, 0.5) is 0 Å². The summed E-state index contributed by atoms with van der Waals surface area (Å²) in [6, 6.07) is 6.24. The molecule has 6 nitrogen and oxygen atoms in total. The van der Waals surface area contributed by atoms with Gasteiger partial charge in [0.05, 0.1) is 0 Å². The molecule has 1 saturated heterocycles. The van der Waals surface area contributed by atoms with Crippen LogP contribution in [-0.2, 0) is 14.4 Å². The molecule has 1 unspecified atom stereocenters. The quantitative estimate of drug-likeness (QED) is 0.776. The first-order valence-electron chi connectivity index (χ1n) is 7.54. The number of unbranched alkanes of at least 4 members (excludes halogenated alkanes) is 1. The van der Waals surface area contributed by atoms with Crippen LogP contribution in [0, 0.1) is 0 Å². The summed E-state index contributed by atoms with van der Waals surface area (Å²) in [5, 5.41) is 11.8. The standard InChI is InChI=1S/C16H19ClN2O4/c17-12-6-2-1-5-11(12)15-16(23)18-9-10-19(15)13(20)7-3-4-8-14(21)22/h1-2,5-6,15H,3-4,7-10H2,(H,18,23)(H,21,22). The van der Waals surface area contributed by atoms with Gasteiger partial charge in [0, 0.05) is 36.5 Å². The predicted octanol–water partition coefficient (Wildman–Crippen LogP) is 1.98. The summed E-state index contributed by atoms with van der Waals surface area (Å²) in [6.45, 7) is 0.819. The molecule has 0 aromatic heterocycles. The lowest BCUT2D eigenvalue weighted by Gasteiger charge is -2.35. The summed E-state index contributed by atoms with van der Waals surface area (Å²) in [5.41, 5.74) is 0.602. The van der Waals surface area contributed by atoms with E-state index in [1.54, 1.807) is 24.3 Å². The molecule has 2 amide bonds. The summed E-state index contributed by atoms with van der Waals surface area (Å²) in [5.74, 6) is -1.28. The molecular weight excluding hydrogens is 320 g/mol. The van der Waals surface area contributed by atoms with E-state index in [0.717, 1.165) is 0 Å². The van der Waals surface area contributed by atoms with Crippen molar-refractivity contribution in [3.63, 3.8) is 0 Å². The number of benzene rings is 1. The average molecular weight is 339 g/mol. The van der Waals surface area contributed by atoms with Crippen molar-refractivity contribution in [1.29, 1.82) is 0 Å². The lowest BCUT2D eigenvalue weighted by atomic mass is 10.0. The Labute approximate surface area is 139 Å². The van der Waals surface area contributed by atoms with E-state index in [4.69, 9.17) is 16.7 Å². The van der Waals surface area contributed by atoms with Crippen LogP contribution in [0.1, 0.15) is 37.3 Å². The fourth-order valence-corrected chi connectivity index (χ4v) is 2.88. The van der Waals surface area contributed by atoms with Gasteiger partial charge in [-0.3, -0.25) is 14.4 Å². The Kier molecular flexibility index (Phi) is 5.98. The number of aliphatic carboxylic acids is 1. The van der Waals surface area contributed by atoms with Crippen LogP contribution in [0.3, 0.4) is 0 Å². The lowest BCUT2D eigenvalue weighted by molar-refractivity contribution is -0.143. The predicted molar refractivity (Wildman–Crippen MR) is 85.0 cm³/mol. The first-order valence-corrected chi connectivity index (χ1v) is 7.92. The van der Waals surface area contributed by atoms with Gasteiger partial charge in [-0.2, -0.15) is 0 Å². The van der Waals surface area contributed by atoms with Crippen LogP contribution in [0.5, 0.6) is 0 Å². The Balaban J connectivity index is 2.08. The molecule has 0 saturated carbocycles. The van der Waals surface area contributed by atoms with Crippen molar-refractivity contribution in [2.75, 3.05) is 13.1 Å². The molecule has 1 atom stereocenters. The van der Waals surface area contributed by atoms with Crippen molar-refractivity contribution < 1.29 is 19.5 Å². The Bertz CT molecular complexity index is 605. The number of carboxylic acid groups (broad SMARTS) is 1. The highest BCUT2D eigenvalue weighted by atomic mass is 35.5. The van der Waals surface area contributed by atoms with Gasteiger partial charge in [-0.15, -0.1) is 0 Å². The van der Waals surface area contributed by atoms with Crippen molar-refractivity contribution in [2.45, 2.75) is 31.7 Å². The van der Waals surface area contributed by atoms with Crippen LogP contribution < -0.4 is 5.32 Å². The largest absolute Gasteiger partial charge is 0.481 e. The maximum absolute atomic E-state index is 12.4. The molecule has 1 aliphatic heterocycles. The van der Waals surface area contributed by atoms with Crippen molar-refractivity contribution in [1.82, 2.24) is 10.2 Å². The molecule has 124 valence electrons. The van der Waals surface area contributed by atoms with Crippen molar-refractivity contribution in [3.8, 4) is 0 Å². The number of carbonyl (C=O) groups is 3. The maximum Gasteiger partial charge on any atom is 0.303 e. The summed E-state index contributed by atoms with van der Waals surface area (Å²) < 4.78 is 0. The molecule has 0 bridgehead atoms. The normalized spacial score (nSPS) is 17.7. The Morgan fingerprint density at radius 2 is 1.96 bits per heavy atom. The number of carboxylic acids is 1. The highest BCUT2D eigenvalue weighted by Gasteiger charge is 2.35. The van der Waals surface area contributed by atoms with E-state index in [1.165, 1.54) is 4.90 Å². The lowest BCUT2D eigenvalue weighted by Crippen LogP contribution is -2.52. The summed E-state index contributed by atoms with van der Waals surface area (Å²) in [6.07, 6.45) is 1.19. The number of hydrogen-bond donors (Lipinski definition) is 2. The topological polar surface area (TPSA) is 86.7 Å². The van der Waals surface area contributed by atoms with E-state index in [2.05, 4.69) is 5.32 Å². The van der Waals surface area contributed by atoms with Gasteiger partial charge in [0.15, 0.2) is 0 Å². The fraction of sp³-hybridized carbons (Fsp3) is 0.438. The first kappa shape index (κ1) is 17.3. The van der Waals surface area contributed by atoms with Gasteiger partial charge in [-0.05, 0) is 18.9 Å². The van der Waals surface area contributed by atoms with E-state index in [0.29, 0.717) is 36.5 Å². The molecule has 0 radical (unpaired) electrons. The van der Waals surface area contributed by atoms with E-state index < -0.39 is 12.0 Å². The zero-order valence-corrected chi connectivity index (χ0v) is 13.4. The van der Waals surface area contributed by atoms with Crippen molar-refractivity contribution in [3.05, 3.63) is 34.9 Å². The second kappa shape index (κ2) is 7.97. The smallest absolute Gasteiger partial charge is 0.303 e. The highest BCUT2D eigenvalue weighted by molar-refractivity contribution is 6.31. The van der Waals surface area contributed by atoms with Gasteiger partial charge >= 0.3 is 5.97 Å². The third-order valence-electron chi connectivity index (χ3n) is 3.76. The maximum atomic E-state index is 12.4. The zero-order valence-electron chi connectivity index (χ0n) is 12.6. The number of rotatable bonds is 6. The van der Waals surface area contributed by atoms with Gasteiger partial charge in [-0.25, -0.2) is 0 Å². The van der Waals surface area contributed by atoms with Crippen LogP contribution in [0.15, 0.2) is 24.3 Å². The van der Waals surface area contributed by atoms with Crippen LogP contribution in [0.2, 0.25) is 5.02 Å². The van der Waals surface area contributed by atoms with Gasteiger partial charge in [0.25, 0.3) is 0 Å². The number of halogens is 1. The Morgan fingerprint density at radius 3 is 2.65 bits per heavy atom. The van der Waals surface area contributed by atoms with Crippen molar-refractivity contribution in [2.24, 2.45) is 0 Å². The first-order chi connectivity index (χ1) is 11.0. The minimum Gasteiger partial charge on any atom is -0.481 e. The molecule has 0 spiro atoms. The van der Waals surface area contributed by atoms with E-state index in [9.17, 15) is 14.4 Å². The molecule has 0 aliphatic carbocycles. The molecule has 1 aromatic carbocycles. The Morgan fingerprint density at radius 1 is 1.26 bits per heavy atom. The molecule has 1 heterocycles. The molecule has 1 fully saturated rings. The monoisotopic (exact) mass is 338 g/mol. The Hall–Kier alpha value is -2.08. The number of amides is 2. The summed E-state index contributed by atoms with van der Waals surface area (Å²) in [7, 11) is 0. The van der Waals surface area contributed by atoms with Gasteiger partial charge in [0.1, 0.15) is 6.04 Å². The second-order valence-corrected chi connectivity index (χ2v) is 5.81. The number of nitrogens with zero attached hydrogens (tertiary/aromatic N) is 1. The molecule has 2 rings (SSSR count). The van der Waals surface area contributed by atoms with Gasteiger partial charge < -0.3 is 15.3 Å². The number of piperazine rings is 1. The number of hydrogen-bond acceptors (Lipinski definition) is 3. The minimum atomic E-state index is -0.872. The molecule has 1 aliphatic rings. The van der Waals surface area contributed by atoms with E-state index in [-0.39, 0.29) is 24.7 Å². The molecule has 1 aromatic rings. The molecule has 23 heavy (non-hydrogen) atoms. The minimum absolute atomic E-state index is 0.0434. The molecular formula is C16H19ClN2O4. The highest BCUT2D eigenvalue weighted by Crippen LogP contribution is 2.29. The molecule has 2 N–H and O–H groups in total. The molecule has 7 heteroatoms. The number of nitrogens with one attached hydrogen (secondary N) is 1.